The number of hydrogen-bond donors (Lipinski definition) is 1. The zero-order chi connectivity index (χ0) is 15.1. The van der Waals surface area contributed by atoms with Crippen molar-refractivity contribution in [3.05, 3.63) is 52.2 Å². The van der Waals surface area contributed by atoms with Gasteiger partial charge in [-0.05, 0) is 65.9 Å². The van der Waals surface area contributed by atoms with E-state index in [1.165, 1.54) is 23.2 Å². The largest absolute Gasteiger partial charge is 0.378 e. The third-order valence-electron chi connectivity index (χ3n) is 3.73. The van der Waals surface area contributed by atoms with Gasteiger partial charge in [-0.25, -0.2) is 0 Å². The van der Waals surface area contributed by atoms with E-state index in [4.69, 9.17) is 0 Å². The molecule has 0 amide bonds. The molecule has 1 N–H and O–H groups in total. The fraction of sp³-hybridized carbons (Fsp3) is 0.444. The number of benzene rings is 1. The monoisotopic (exact) mass is 302 g/mol. The van der Waals surface area contributed by atoms with Crippen LogP contribution >= 0.6 is 11.3 Å². The van der Waals surface area contributed by atoms with E-state index < -0.39 is 0 Å². The van der Waals surface area contributed by atoms with Gasteiger partial charge in [0.25, 0.3) is 0 Å². The Morgan fingerprint density at radius 3 is 2.76 bits per heavy atom. The van der Waals surface area contributed by atoms with E-state index in [1.54, 1.807) is 11.3 Å². The number of nitrogens with zero attached hydrogens (tertiary/aromatic N) is 1. The fourth-order valence-electron chi connectivity index (χ4n) is 2.47. The summed E-state index contributed by atoms with van der Waals surface area (Å²) in [5, 5.41) is 8.12. The van der Waals surface area contributed by atoms with Crippen molar-refractivity contribution in [2.45, 2.75) is 32.2 Å². The molecule has 2 nitrogen and oxygen atoms in total. The van der Waals surface area contributed by atoms with Crippen LogP contribution in [0.2, 0.25) is 0 Å². The van der Waals surface area contributed by atoms with Crippen molar-refractivity contribution in [3.8, 4) is 0 Å². The average Bonchev–Trinajstić information content (AvgIpc) is 3.01. The van der Waals surface area contributed by atoms with Crippen LogP contribution in [-0.2, 0) is 6.42 Å². The Morgan fingerprint density at radius 1 is 1.24 bits per heavy atom. The Hall–Kier alpha value is -1.32. The molecule has 2 aromatic rings. The van der Waals surface area contributed by atoms with Gasteiger partial charge >= 0.3 is 0 Å². The maximum atomic E-state index is 3.70. The molecule has 0 saturated heterocycles. The van der Waals surface area contributed by atoms with Crippen molar-refractivity contribution >= 4 is 17.0 Å². The van der Waals surface area contributed by atoms with E-state index in [1.807, 2.05) is 0 Å². The Kier molecular flexibility index (Phi) is 6.27. The van der Waals surface area contributed by atoms with Gasteiger partial charge in [0.05, 0.1) is 0 Å². The SMILES string of the molecule is CCCNC(CCc1ccsc1)c1cccc(N(C)C)c1. The Balaban J connectivity index is 2.08. The standard InChI is InChI=1S/C18H26N2S/c1-4-11-19-18(9-8-15-10-12-21-14-15)16-6-5-7-17(13-16)20(2)3/h5-7,10,12-14,18-19H,4,8-9,11H2,1-3H3. The van der Waals surface area contributed by atoms with Gasteiger partial charge in [-0.15, -0.1) is 0 Å². The van der Waals surface area contributed by atoms with E-state index in [0.717, 1.165) is 19.4 Å². The molecule has 21 heavy (non-hydrogen) atoms. The van der Waals surface area contributed by atoms with Crippen LogP contribution in [0.5, 0.6) is 0 Å². The van der Waals surface area contributed by atoms with Crippen LogP contribution in [0.1, 0.15) is 36.9 Å². The molecule has 0 spiro atoms. The summed E-state index contributed by atoms with van der Waals surface area (Å²) >= 11 is 1.78. The minimum atomic E-state index is 0.435. The summed E-state index contributed by atoms with van der Waals surface area (Å²) in [6.45, 7) is 3.29. The van der Waals surface area contributed by atoms with Crippen LogP contribution in [0.15, 0.2) is 41.1 Å². The molecule has 0 aliphatic rings. The van der Waals surface area contributed by atoms with E-state index in [2.05, 4.69) is 72.3 Å². The number of anilines is 1. The van der Waals surface area contributed by atoms with Gasteiger partial charge in [0.2, 0.25) is 0 Å². The van der Waals surface area contributed by atoms with Gasteiger partial charge in [-0.1, -0.05) is 19.1 Å². The van der Waals surface area contributed by atoms with Gasteiger partial charge in [0.1, 0.15) is 0 Å². The molecular formula is C18H26N2S. The van der Waals surface area contributed by atoms with Crippen LogP contribution < -0.4 is 10.2 Å². The zero-order valence-electron chi connectivity index (χ0n) is 13.3. The Bertz CT molecular complexity index is 520. The molecule has 1 unspecified atom stereocenters. The lowest BCUT2D eigenvalue weighted by atomic mass is 9.99. The molecule has 0 aliphatic carbocycles. The van der Waals surface area contributed by atoms with Crippen molar-refractivity contribution in [1.82, 2.24) is 5.32 Å². The summed E-state index contributed by atoms with van der Waals surface area (Å²) in [7, 11) is 4.19. The molecule has 1 heterocycles. The zero-order valence-corrected chi connectivity index (χ0v) is 14.1. The van der Waals surface area contributed by atoms with Gasteiger partial charge in [0, 0.05) is 25.8 Å². The first-order valence-electron chi connectivity index (χ1n) is 7.72. The van der Waals surface area contributed by atoms with Crippen molar-refractivity contribution in [3.63, 3.8) is 0 Å². The molecule has 0 radical (unpaired) electrons. The topological polar surface area (TPSA) is 15.3 Å². The third kappa shape index (κ3) is 4.87. The maximum Gasteiger partial charge on any atom is 0.0364 e. The lowest BCUT2D eigenvalue weighted by molar-refractivity contribution is 0.499. The van der Waals surface area contributed by atoms with Crippen LogP contribution in [0.25, 0.3) is 0 Å². The minimum absolute atomic E-state index is 0.435. The van der Waals surface area contributed by atoms with E-state index in [0.29, 0.717) is 6.04 Å². The predicted molar refractivity (Wildman–Crippen MR) is 94.4 cm³/mol. The number of rotatable bonds is 8. The second-order valence-electron chi connectivity index (χ2n) is 5.67. The van der Waals surface area contributed by atoms with Crippen molar-refractivity contribution in [1.29, 1.82) is 0 Å². The highest BCUT2D eigenvalue weighted by molar-refractivity contribution is 7.07. The van der Waals surface area contributed by atoms with Gasteiger partial charge in [-0.3, -0.25) is 0 Å². The quantitative estimate of drug-likeness (QED) is 0.773. The summed E-state index contributed by atoms with van der Waals surface area (Å²) in [6, 6.07) is 11.5. The normalized spacial score (nSPS) is 12.3. The molecule has 3 heteroatoms. The molecule has 0 fully saturated rings. The molecule has 0 aliphatic heterocycles. The summed E-state index contributed by atoms with van der Waals surface area (Å²) in [5.41, 5.74) is 4.11. The van der Waals surface area contributed by atoms with E-state index in [-0.39, 0.29) is 0 Å². The van der Waals surface area contributed by atoms with Crippen molar-refractivity contribution in [2.24, 2.45) is 0 Å². The van der Waals surface area contributed by atoms with Gasteiger partial charge < -0.3 is 10.2 Å². The highest BCUT2D eigenvalue weighted by Crippen LogP contribution is 2.24. The molecule has 114 valence electrons. The van der Waals surface area contributed by atoms with Crippen LogP contribution in [0, 0.1) is 0 Å². The molecule has 2 rings (SSSR count). The molecule has 0 bridgehead atoms. The molecule has 1 aromatic carbocycles. The summed E-state index contributed by atoms with van der Waals surface area (Å²) < 4.78 is 0. The molecule has 1 atom stereocenters. The lowest BCUT2D eigenvalue weighted by Gasteiger charge is -2.21. The van der Waals surface area contributed by atoms with Crippen molar-refractivity contribution < 1.29 is 0 Å². The first-order chi connectivity index (χ1) is 10.2. The second kappa shape index (κ2) is 8.20. The predicted octanol–water partition coefficient (Wildman–Crippen LogP) is 4.49. The second-order valence-corrected chi connectivity index (χ2v) is 6.45. The molecule has 0 saturated carbocycles. The third-order valence-corrected chi connectivity index (χ3v) is 4.46. The smallest absolute Gasteiger partial charge is 0.0364 e. The lowest BCUT2D eigenvalue weighted by Crippen LogP contribution is -2.23. The summed E-state index contributed by atoms with van der Waals surface area (Å²) in [4.78, 5) is 2.17. The highest BCUT2D eigenvalue weighted by atomic mass is 32.1. The van der Waals surface area contributed by atoms with Gasteiger partial charge in [-0.2, -0.15) is 11.3 Å². The number of nitrogens with one attached hydrogen (secondary N) is 1. The Labute approximate surface area is 132 Å². The summed E-state index contributed by atoms with van der Waals surface area (Å²) in [5.74, 6) is 0. The molecule has 1 aromatic heterocycles. The highest BCUT2D eigenvalue weighted by Gasteiger charge is 2.12. The van der Waals surface area contributed by atoms with E-state index >= 15 is 0 Å². The fourth-order valence-corrected chi connectivity index (χ4v) is 3.17. The number of aryl methyl sites for hydroxylation is 1. The van der Waals surface area contributed by atoms with Crippen LogP contribution in [0.3, 0.4) is 0 Å². The Morgan fingerprint density at radius 2 is 2.10 bits per heavy atom. The maximum absolute atomic E-state index is 3.70. The van der Waals surface area contributed by atoms with Gasteiger partial charge in [0.15, 0.2) is 0 Å². The van der Waals surface area contributed by atoms with Crippen LogP contribution in [-0.4, -0.2) is 20.6 Å². The average molecular weight is 302 g/mol. The number of hydrogen-bond acceptors (Lipinski definition) is 3. The first-order valence-corrected chi connectivity index (χ1v) is 8.66. The van der Waals surface area contributed by atoms with E-state index in [9.17, 15) is 0 Å². The van der Waals surface area contributed by atoms with Crippen LogP contribution in [0.4, 0.5) is 5.69 Å². The summed E-state index contributed by atoms with van der Waals surface area (Å²) in [6.07, 6.45) is 3.45. The number of thiophene rings is 1. The first kappa shape index (κ1) is 16.1. The molecular weight excluding hydrogens is 276 g/mol. The minimum Gasteiger partial charge on any atom is -0.378 e. The van der Waals surface area contributed by atoms with Crippen molar-refractivity contribution in [2.75, 3.05) is 25.5 Å².